The van der Waals surface area contributed by atoms with Crippen LogP contribution in [0.4, 0.5) is 5.13 Å². The number of fused-ring (bicyclic) bond motifs is 1. The Bertz CT molecular complexity index is 598. The lowest BCUT2D eigenvalue weighted by molar-refractivity contribution is 0.0742. The molecule has 20 heavy (non-hydrogen) atoms. The molecule has 2 aromatic rings. The number of rotatable bonds is 2. The Kier molecular flexibility index (Phi) is 2.96. The molecule has 104 valence electrons. The summed E-state index contributed by atoms with van der Waals surface area (Å²) < 4.78 is 0. The van der Waals surface area contributed by atoms with E-state index in [1.54, 1.807) is 16.8 Å². The lowest BCUT2D eigenvalue weighted by Crippen LogP contribution is -2.39. The highest BCUT2D eigenvalue weighted by Gasteiger charge is 2.45. The summed E-state index contributed by atoms with van der Waals surface area (Å²) in [5, 5.41) is 11.0. The monoisotopic (exact) mass is 306 g/mol. The number of carbonyl (C=O) groups is 1. The topological polar surface area (TPSA) is 49.3 Å². The number of aromatic nitrogens is 2. The number of thiophene rings is 1. The van der Waals surface area contributed by atoms with Crippen molar-refractivity contribution < 1.29 is 4.79 Å². The maximum absolute atomic E-state index is 12.5. The molecular weight excluding hydrogens is 292 g/mol. The van der Waals surface area contributed by atoms with Crippen LogP contribution >= 0.6 is 22.7 Å². The molecule has 4 heterocycles. The van der Waals surface area contributed by atoms with Crippen LogP contribution in [-0.2, 0) is 0 Å². The van der Waals surface area contributed by atoms with Gasteiger partial charge in [-0.3, -0.25) is 4.79 Å². The van der Waals surface area contributed by atoms with E-state index in [1.165, 1.54) is 11.3 Å². The Morgan fingerprint density at radius 2 is 2.15 bits per heavy atom. The van der Waals surface area contributed by atoms with Crippen molar-refractivity contribution in [2.45, 2.75) is 24.9 Å². The van der Waals surface area contributed by atoms with Crippen LogP contribution in [-0.4, -0.2) is 46.2 Å². The second-order valence-electron chi connectivity index (χ2n) is 5.10. The standard InChI is InChI=1S/C13H14N4OS2/c18-12(11-2-1-7-19-11)16-5-3-10-9(16)4-6-17(10)13-15-14-8-20-13/h1-2,7-10H,3-6H2/t9-,10+/m0/s1. The largest absolute Gasteiger partial charge is 0.341 e. The maximum Gasteiger partial charge on any atom is 0.264 e. The fourth-order valence-corrected chi connectivity index (χ4v) is 4.63. The van der Waals surface area contributed by atoms with E-state index in [2.05, 4.69) is 20.0 Å². The van der Waals surface area contributed by atoms with Gasteiger partial charge in [-0.05, 0) is 24.3 Å². The van der Waals surface area contributed by atoms with Crippen molar-refractivity contribution in [3.63, 3.8) is 0 Å². The van der Waals surface area contributed by atoms with Gasteiger partial charge in [-0.2, -0.15) is 0 Å². The summed E-state index contributed by atoms with van der Waals surface area (Å²) in [6.45, 7) is 1.82. The fourth-order valence-electron chi connectivity index (χ4n) is 3.31. The predicted molar refractivity (Wildman–Crippen MR) is 79.4 cm³/mol. The Hall–Kier alpha value is -1.47. The van der Waals surface area contributed by atoms with Gasteiger partial charge in [0, 0.05) is 13.1 Å². The van der Waals surface area contributed by atoms with Crippen LogP contribution < -0.4 is 4.90 Å². The van der Waals surface area contributed by atoms with Crippen LogP contribution in [0.5, 0.6) is 0 Å². The van der Waals surface area contributed by atoms with E-state index in [0.29, 0.717) is 12.1 Å². The number of likely N-dealkylation sites (tertiary alicyclic amines) is 1. The van der Waals surface area contributed by atoms with Crippen molar-refractivity contribution in [1.82, 2.24) is 15.1 Å². The molecule has 1 amide bonds. The van der Waals surface area contributed by atoms with E-state index in [0.717, 1.165) is 35.9 Å². The first-order valence-electron chi connectivity index (χ1n) is 6.72. The van der Waals surface area contributed by atoms with Crippen LogP contribution in [0.25, 0.3) is 0 Å². The fraction of sp³-hybridized carbons (Fsp3) is 0.462. The van der Waals surface area contributed by atoms with Gasteiger partial charge in [0.15, 0.2) is 0 Å². The van der Waals surface area contributed by atoms with Crippen molar-refractivity contribution >= 4 is 33.7 Å². The van der Waals surface area contributed by atoms with Crippen molar-refractivity contribution in [2.75, 3.05) is 18.0 Å². The zero-order valence-electron chi connectivity index (χ0n) is 10.8. The molecule has 2 saturated heterocycles. The van der Waals surface area contributed by atoms with Gasteiger partial charge in [0.2, 0.25) is 5.13 Å². The van der Waals surface area contributed by atoms with Crippen molar-refractivity contribution in [1.29, 1.82) is 0 Å². The highest BCUT2D eigenvalue weighted by Crippen LogP contribution is 2.36. The normalized spacial score (nSPS) is 25.2. The van der Waals surface area contributed by atoms with E-state index in [9.17, 15) is 4.79 Å². The molecule has 0 bridgehead atoms. The Balaban J connectivity index is 1.55. The van der Waals surface area contributed by atoms with Gasteiger partial charge < -0.3 is 9.80 Å². The molecule has 0 aromatic carbocycles. The number of hydrogen-bond acceptors (Lipinski definition) is 6. The summed E-state index contributed by atoms with van der Waals surface area (Å²) in [6, 6.07) is 4.59. The third-order valence-electron chi connectivity index (χ3n) is 4.16. The highest BCUT2D eigenvalue weighted by molar-refractivity contribution is 7.13. The molecule has 4 rings (SSSR count). The van der Waals surface area contributed by atoms with Crippen LogP contribution in [0.15, 0.2) is 23.0 Å². The zero-order chi connectivity index (χ0) is 13.5. The minimum absolute atomic E-state index is 0.187. The molecule has 2 aliphatic heterocycles. The van der Waals surface area contributed by atoms with Crippen LogP contribution in [0, 0.1) is 0 Å². The molecule has 7 heteroatoms. The minimum Gasteiger partial charge on any atom is -0.341 e. The van der Waals surface area contributed by atoms with E-state index in [4.69, 9.17) is 0 Å². The average molecular weight is 306 g/mol. The van der Waals surface area contributed by atoms with Gasteiger partial charge in [-0.1, -0.05) is 17.4 Å². The summed E-state index contributed by atoms with van der Waals surface area (Å²) >= 11 is 3.10. The van der Waals surface area contributed by atoms with E-state index in [1.807, 2.05) is 17.5 Å². The molecule has 0 unspecified atom stereocenters. The van der Waals surface area contributed by atoms with Gasteiger partial charge >= 0.3 is 0 Å². The van der Waals surface area contributed by atoms with Gasteiger partial charge in [0.1, 0.15) is 5.51 Å². The lowest BCUT2D eigenvalue weighted by atomic mass is 10.1. The first-order valence-corrected chi connectivity index (χ1v) is 8.48. The van der Waals surface area contributed by atoms with E-state index < -0.39 is 0 Å². The SMILES string of the molecule is O=C(c1cccs1)N1CC[C@@H]2[C@@H]1CCN2c1nncs1. The molecular formula is C13H14N4OS2. The second-order valence-corrected chi connectivity index (χ2v) is 6.86. The molecule has 0 saturated carbocycles. The summed E-state index contributed by atoms with van der Waals surface area (Å²) in [4.78, 5) is 17.8. The molecule has 2 fully saturated rings. The second kappa shape index (κ2) is 4.82. The quantitative estimate of drug-likeness (QED) is 0.852. The molecule has 0 aliphatic carbocycles. The highest BCUT2D eigenvalue weighted by atomic mass is 32.1. The molecule has 5 nitrogen and oxygen atoms in total. The number of anilines is 1. The first kappa shape index (κ1) is 12.3. The summed E-state index contributed by atoms with van der Waals surface area (Å²) in [7, 11) is 0. The lowest BCUT2D eigenvalue weighted by Gasteiger charge is -2.24. The Morgan fingerprint density at radius 3 is 2.90 bits per heavy atom. The summed E-state index contributed by atoms with van der Waals surface area (Å²) in [5.41, 5.74) is 1.77. The Labute approximate surface area is 124 Å². The summed E-state index contributed by atoms with van der Waals surface area (Å²) in [6.07, 6.45) is 2.06. The van der Waals surface area contributed by atoms with Crippen LogP contribution in [0.2, 0.25) is 0 Å². The molecule has 0 N–H and O–H groups in total. The smallest absolute Gasteiger partial charge is 0.264 e. The zero-order valence-corrected chi connectivity index (χ0v) is 12.4. The van der Waals surface area contributed by atoms with Crippen molar-refractivity contribution in [2.24, 2.45) is 0 Å². The molecule has 2 aliphatic rings. The molecule has 0 spiro atoms. The summed E-state index contributed by atoms with van der Waals surface area (Å²) in [5.74, 6) is 0.187. The molecule has 2 aromatic heterocycles. The van der Waals surface area contributed by atoms with Crippen LogP contribution in [0.1, 0.15) is 22.5 Å². The van der Waals surface area contributed by atoms with E-state index >= 15 is 0 Å². The van der Waals surface area contributed by atoms with Gasteiger partial charge in [0.25, 0.3) is 5.91 Å². The minimum atomic E-state index is 0.187. The average Bonchev–Trinajstić information content (AvgIpc) is 3.21. The molecule has 2 atom stereocenters. The first-order chi connectivity index (χ1) is 9.84. The number of carbonyl (C=O) groups excluding carboxylic acids is 1. The van der Waals surface area contributed by atoms with Crippen molar-refractivity contribution in [3.05, 3.63) is 27.9 Å². The number of nitrogens with zero attached hydrogens (tertiary/aromatic N) is 4. The van der Waals surface area contributed by atoms with Gasteiger partial charge in [0.05, 0.1) is 17.0 Å². The Morgan fingerprint density at radius 1 is 1.25 bits per heavy atom. The van der Waals surface area contributed by atoms with Crippen molar-refractivity contribution in [3.8, 4) is 0 Å². The van der Waals surface area contributed by atoms with Gasteiger partial charge in [-0.25, -0.2) is 0 Å². The number of hydrogen-bond donors (Lipinski definition) is 0. The maximum atomic E-state index is 12.5. The molecule has 0 radical (unpaired) electrons. The third kappa shape index (κ3) is 1.84. The number of amides is 1. The van der Waals surface area contributed by atoms with Gasteiger partial charge in [-0.15, -0.1) is 21.5 Å². The third-order valence-corrected chi connectivity index (χ3v) is 5.75. The van der Waals surface area contributed by atoms with E-state index in [-0.39, 0.29) is 5.91 Å². The predicted octanol–water partition coefficient (Wildman–Crippen LogP) is 2.09. The van der Waals surface area contributed by atoms with Crippen LogP contribution in [0.3, 0.4) is 0 Å².